The Hall–Kier alpha value is -1.63. The lowest BCUT2D eigenvalue weighted by molar-refractivity contribution is 0.0951. The fourth-order valence-corrected chi connectivity index (χ4v) is 1.78. The number of hydrogen-bond acceptors (Lipinski definition) is 4. The van der Waals surface area contributed by atoms with E-state index in [2.05, 4.69) is 36.4 Å². The maximum absolute atomic E-state index is 11.7. The number of carbonyl (C=O) groups excluding carboxylic acids is 1. The van der Waals surface area contributed by atoms with E-state index in [1.807, 2.05) is 0 Å². The molecule has 0 saturated heterocycles. The molecule has 0 unspecified atom stereocenters. The van der Waals surface area contributed by atoms with Crippen LogP contribution in [0.3, 0.4) is 0 Å². The van der Waals surface area contributed by atoms with E-state index in [9.17, 15) is 4.79 Å². The first-order valence-electron chi connectivity index (χ1n) is 5.13. The Labute approximate surface area is 106 Å². The van der Waals surface area contributed by atoms with Crippen molar-refractivity contribution in [3.05, 3.63) is 34.7 Å². The molecule has 0 atom stereocenters. The molecule has 6 nitrogen and oxygen atoms in total. The third kappa shape index (κ3) is 3.16. The molecule has 0 aromatic carbocycles. The summed E-state index contributed by atoms with van der Waals surface area (Å²) in [6.45, 7) is 0.581. The van der Waals surface area contributed by atoms with E-state index in [4.69, 9.17) is 4.42 Å². The maximum Gasteiger partial charge on any atom is 0.255 e. The predicted molar refractivity (Wildman–Crippen MR) is 63.4 cm³/mol. The first-order chi connectivity index (χ1) is 8.27. The zero-order valence-corrected chi connectivity index (χ0v) is 10.5. The van der Waals surface area contributed by atoms with Gasteiger partial charge < -0.3 is 9.73 Å². The summed E-state index contributed by atoms with van der Waals surface area (Å²) in [5.41, 5.74) is 0.504. The first kappa shape index (κ1) is 11.8. The Morgan fingerprint density at radius 2 is 2.47 bits per heavy atom. The molecule has 0 spiro atoms. The highest BCUT2D eigenvalue weighted by Crippen LogP contribution is 2.16. The molecule has 0 fully saturated rings. The third-order valence-corrected chi connectivity index (χ3v) is 2.82. The van der Waals surface area contributed by atoms with Gasteiger partial charge in [0.05, 0.1) is 11.8 Å². The van der Waals surface area contributed by atoms with Crippen LogP contribution in [-0.4, -0.2) is 27.6 Å². The highest BCUT2D eigenvalue weighted by molar-refractivity contribution is 9.10. The van der Waals surface area contributed by atoms with Crippen LogP contribution in [-0.2, 0) is 6.42 Å². The zero-order valence-electron chi connectivity index (χ0n) is 8.94. The van der Waals surface area contributed by atoms with Crippen LogP contribution >= 0.6 is 15.9 Å². The van der Waals surface area contributed by atoms with Crippen molar-refractivity contribution in [2.24, 2.45) is 0 Å². The summed E-state index contributed by atoms with van der Waals surface area (Å²) < 4.78 is 5.43. The average molecular weight is 299 g/mol. The molecule has 1 amide bonds. The number of hydrogen-bond donors (Lipinski definition) is 2. The maximum atomic E-state index is 11.7. The summed E-state index contributed by atoms with van der Waals surface area (Å²) >= 11 is 3.16. The van der Waals surface area contributed by atoms with Crippen molar-refractivity contribution >= 4 is 21.8 Å². The van der Waals surface area contributed by atoms with E-state index in [0.717, 1.165) is 18.7 Å². The number of aromatic nitrogens is 3. The molecule has 0 aliphatic carbocycles. The van der Waals surface area contributed by atoms with E-state index in [1.54, 1.807) is 6.07 Å². The van der Waals surface area contributed by atoms with Gasteiger partial charge in [-0.25, -0.2) is 4.98 Å². The molecule has 2 N–H and O–H groups in total. The molecule has 90 valence electrons. The molecule has 2 heterocycles. The van der Waals surface area contributed by atoms with Crippen LogP contribution in [0.4, 0.5) is 0 Å². The van der Waals surface area contributed by atoms with Gasteiger partial charge >= 0.3 is 0 Å². The van der Waals surface area contributed by atoms with Crippen LogP contribution in [0.2, 0.25) is 0 Å². The van der Waals surface area contributed by atoms with Gasteiger partial charge in [0.25, 0.3) is 5.91 Å². The van der Waals surface area contributed by atoms with Crippen LogP contribution < -0.4 is 5.32 Å². The average Bonchev–Trinajstić information content (AvgIpc) is 2.95. The molecule has 17 heavy (non-hydrogen) atoms. The zero-order chi connectivity index (χ0) is 12.1. The van der Waals surface area contributed by atoms with Crippen LogP contribution in [0.15, 0.2) is 27.7 Å². The van der Waals surface area contributed by atoms with Crippen LogP contribution in [0.5, 0.6) is 0 Å². The summed E-state index contributed by atoms with van der Waals surface area (Å²) in [5, 5.41) is 9.31. The number of rotatable bonds is 5. The van der Waals surface area contributed by atoms with E-state index in [0.29, 0.717) is 16.8 Å². The second kappa shape index (κ2) is 5.62. The number of amides is 1. The van der Waals surface area contributed by atoms with Gasteiger partial charge in [-0.3, -0.25) is 9.89 Å². The Bertz CT molecular complexity index is 480. The summed E-state index contributed by atoms with van der Waals surface area (Å²) in [4.78, 5) is 15.6. The molecule has 2 rings (SSSR count). The van der Waals surface area contributed by atoms with Gasteiger partial charge in [0.2, 0.25) is 0 Å². The number of halogens is 1. The molecule has 2 aromatic heterocycles. The summed E-state index contributed by atoms with van der Waals surface area (Å²) in [7, 11) is 0. The van der Waals surface area contributed by atoms with Crippen molar-refractivity contribution < 1.29 is 9.21 Å². The fourth-order valence-electron chi connectivity index (χ4n) is 1.36. The smallest absolute Gasteiger partial charge is 0.255 e. The minimum Gasteiger partial charge on any atom is -0.457 e. The number of nitrogens with zero attached hydrogens (tertiary/aromatic N) is 2. The Kier molecular flexibility index (Phi) is 3.92. The van der Waals surface area contributed by atoms with E-state index in [-0.39, 0.29) is 5.91 Å². The molecule has 0 bridgehead atoms. The van der Waals surface area contributed by atoms with Gasteiger partial charge in [0.15, 0.2) is 4.67 Å². The van der Waals surface area contributed by atoms with Crippen molar-refractivity contribution in [3.63, 3.8) is 0 Å². The normalized spacial score (nSPS) is 10.4. The Balaban J connectivity index is 1.72. The van der Waals surface area contributed by atoms with Crippen molar-refractivity contribution in [2.45, 2.75) is 12.8 Å². The molecular formula is C10H11BrN4O2. The SMILES string of the molecule is O=C(NCCCc1ncn[nH]1)c1ccoc1Br. The van der Waals surface area contributed by atoms with E-state index < -0.39 is 0 Å². The lowest BCUT2D eigenvalue weighted by Gasteiger charge is -2.02. The van der Waals surface area contributed by atoms with Gasteiger partial charge in [0.1, 0.15) is 12.2 Å². The van der Waals surface area contributed by atoms with E-state index >= 15 is 0 Å². The first-order valence-corrected chi connectivity index (χ1v) is 5.92. The Morgan fingerprint density at radius 3 is 3.12 bits per heavy atom. The summed E-state index contributed by atoms with van der Waals surface area (Å²) in [6, 6.07) is 1.62. The van der Waals surface area contributed by atoms with Gasteiger partial charge in [-0.1, -0.05) is 0 Å². The second-order valence-corrected chi connectivity index (χ2v) is 4.12. The van der Waals surface area contributed by atoms with Crippen molar-refractivity contribution in [1.29, 1.82) is 0 Å². The quantitative estimate of drug-likeness (QED) is 0.820. The molecule has 0 aliphatic heterocycles. The van der Waals surface area contributed by atoms with Gasteiger partial charge in [-0.05, 0) is 28.4 Å². The topological polar surface area (TPSA) is 83.8 Å². The van der Waals surface area contributed by atoms with Crippen molar-refractivity contribution in [2.75, 3.05) is 6.54 Å². The highest BCUT2D eigenvalue weighted by Gasteiger charge is 2.11. The number of aryl methyl sites for hydroxylation is 1. The monoisotopic (exact) mass is 298 g/mol. The minimum atomic E-state index is -0.150. The van der Waals surface area contributed by atoms with Gasteiger partial charge in [-0.2, -0.15) is 5.10 Å². The second-order valence-electron chi connectivity index (χ2n) is 3.40. The van der Waals surface area contributed by atoms with Gasteiger partial charge in [0, 0.05) is 13.0 Å². The third-order valence-electron chi connectivity index (χ3n) is 2.20. The molecule has 0 radical (unpaired) electrons. The molecule has 2 aromatic rings. The van der Waals surface area contributed by atoms with Crippen molar-refractivity contribution in [3.8, 4) is 0 Å². The highest BCUT2D eigenvalue weighted by atomic mass is 79.9. The summed E-state index contributed by atoms with van der Waals surface area (Å²) in [6.07, 6.45) is 4.49. The van der Waals surface area contributed by atoms with E-state index in [1.165, 1.54) is 12.6 Å². The standard InChI is InChI=1S/C10H11BrN4O2/c11-9-7(3-5-17-9)10(16)12-4-1-2-8-13-6-14-15-8/h3,5-6H,1-2,4H2,(H,12,16)(H,13,14,15). The molecular weight excluding hydrogens is 288 g/mol. The molecule has 0 aliphatic rings. The fraction of sp³-hybridized carbons (Fsp3) is 0.300. The number of furan rings is 1. The Morgan fingerprint density at radius 1 is 1.59 bits per heavy atom. The lowest BCUT2D eigenvalue weighted by Crippen LogP contribution is -2.24. The predicted octanol–water partition coefficient (Wildman–Crippen LogP) is 1.52. The number of carbonyl (C=O) groups is 1. The molecule has 0 saturated carbocycles. The number of nitrogens with one attached hydrogen (secondary N) is 2. The number of H-pyrrole nitrogens is 1. The van der Waals surface area contributed by atoms with Crippen LogP contribution in [0.25, 0.3) is 0 Å². The van der Waals surface area contributed by atoms with Crippen LogP contribution in [0, 0.1) is 0 Å². The minimum absolute atomic E-state index is 0.150. The molecule has 7 heteroatoms. The largest absolute Gasteiger partial charge is 0.457 e. The lowest BCUT2D eigenvalue weighted by atomic mass is 10.3. The summed E-state index contributed by atoms with van der Waals surface area (Å²) in [5.74, 6) is 0.673. The number of aromatic amines is 1. The van der Waals surface area contributed by atoms with Gasteiger partial charge in [-0.15, -0.1) is 0 Å². The van der Waals surface area contributed by atoms with Crippen LogP contribution in [0.1, 0.15) is 22.6 Å². The van der Waals surface area contributed by atoms with Crippen molar-refractivity contribution in [1.82, 2.24) is 20.5 Å².